The van der Waals surface area contributed by atoms with Gasteiger partial charge in [0.25, 0.3) is 0 Å². The highest BCUT2D eigenvalue weighted by atomic mass is 32.1. The molecule has 0 amide bonds. The van der Waals surface area contributed by atoms with E-state index in [4.69, 9.17) is 9.98 Å². The average molecular weight is 444 g/mol. The summed E-state index contributed by atoms with van der Waals surface area (Å²) in [5.41, 5.74) is 1.31. The van der Waals surface area contributed by atoms with Crippen molar-refractivity contribution in [3.8, 4) is 0 Å². The minimum Gasteiger partial charge on any atom is -0.356 e. The Bertz CT molecular complexity index is 964. The summed E-state index contributed by atoms with van der Waals surface area (Å²) in [5, 5.41) is 15.2. The number of hydrogen-bond donors (Lipinski definition) is 1. The van der Waals surface area contributed by atoms with E-state index in [2.05, 4.69) is 45.0 Å². The number of hydrogen-bond acceptors (Lipinski definition) is 6. The van der Waals surface area contributed by atoms with E-state index in [0.29, 0.717) is 6.54 Å². The first-order chi connectivity index (χ1) is 14.6. The van der Waals surface area contributed by atoms with Crippen LogP contribution in [0.3, 0.4) is 0 Å². The molecule has 30 heavy (non-hydrogen) atoms. The SMILES string of the molecule is Cc1nnc(CN=C(NCCc2cccs2)N(C)Cc2nc3c(s2)CCCC3)n1C. The fraction of sp³-hybridized carbons (Fsp3) is 0.524. The van der Waals surface area contributed by atoms with Gasteiger partial charge in [0.2, 0.25) is 0 Å². The Labute approximate surface area is 185 Å². The van der Waals surface area contributed by atoms with E-state index >= 15 is 0 Å². The van der Waals surface area contributed by atoms with Gasteiger partial charge >= 0.3 is 0 Å². The standard InChI is InChI=1S/C21H29N7S2/c1-15-25-26-19(28(15)3)13-23-21(22-11-10-16-7-6-12-29-16)27(2)14-20-24-17-8-4-5-9-18(17)30-20/h6-7,12H,4-5,8-11,13-14H2,1-3H3,(H,22,23). The normalized spacial score (nSPS) is 14.0. The molecule has 0 saturated heterocycles. The Hall–Kier alpha value is -2.26. The van der Waals surface area contributed by atoms with Gasteiger partial charge in [0.05, 0.1) is 12.2 Å². The number of aliphatic imine (C=N–C) groups is 1. The van der Waals surface area contributed by atoms with Crippen molar-refractivity contribution < 1.29 is 0 Å². The molecule has 0 atom stereocenters. The summed E-state index contributed by atoms with van der Waals surface area (Å²) in [4.78, 5) is 14.8. The van der Waals surface area contributed by atoms with E-state index in [1.54, 1.807) is 11.3 Å². The summed E-state index contributed by atoms with van der Waals surface area (Å²) in [6, 6.07) is 4.27. The molecule has 0 unspecified atom stereocenters. The van der Waals surface area contributed by atoms with E-state index in [0.717, 1.165) is 43.5 Å². The quantitative estimate of drug-likeness (QED) is 0.448. The molecule has 9 heteroatoms. The van der Waals surface area contributed by atoms with Crippen LogP contribution < -0.4 is 5.32 Å². The van der Waals surface area contributed by atoms with Gasteiger partial charge in [0, 0.05) is 30.4 Å². The molecule has 3 aromatic heterocycles. The smallest absolute Gasteiger partial charge is 0.194 e. The number of thiazole rings is 1. The molecule has 0 spiro atoms. The molecule has 0 aromatic carbocycles. The molecular formula is C21H29N7S2. The number of aryl methyl sites for hydroxylation is 3. The van der Waals surface area contributed by atoms with Crippen molar-refractivity contribution in [1.82, 2.24) is 30.0 Å². The van der Waals surface area contributed by atoms with Crippen LogP contribution in [-0.4, -0.2) is 44.2 Å². The molecule has 1 aliphatic carbocycles. The average Bonchev–Trinajstić information content (AvgIpc) is 3.46. The van der Waals surface area contributed by atoms with E-state index in [1.165, 1.54) is 39.7 Å². The van der Waals surface area contributed by atoms with Crippen LogP contribution in [0.15, 0.2) is 22.5 Å². The molecule has 1 aliphatic rings. The van der Waals surface area contributed by atoms with Gasteiger partial charge in [-0.2, -0.15) is 0 Å². The molecule has 0 saturated carbocycles. The van der Waals surface area contributed by atoms with Gasteiger partial charge in [-0.25, -0.2) is 9.98 Å². The van der Waals surface area contributed by atoms with Crippen molar-refractivity contribution >= 4 is 28.6 Å². The fourth-order valence-corrected chi connectivity index (χ4v) is 5.47. The van der Waals surface area contributed by atoms with Crippen molar-refractivity contribution in [2.45, 2.75) is 52.1 Å². The lowest BCUT2D eigenvalue weighted by atomic mass is 10.0. The van der Waals surface area contributed by atoms with Crippen LogP contribution in [0.5, 0.6) is 0 Å². The lowest BCUT2D eigenvalue weighted by Gasteiger charge is -2.21. The van der Waals surface area contributed by atoms with Gasteiger partial charge in [-0.1, -0.05) is 6.07 Å². The van der Waals surface area contributed by atoms with Crippen molar-refractivity contribution in [3.63, 3.8) is 0 Å². The number of rotatable bonds is 7. The largest absolute Gasteiger partial charge is 0.356 e. The van der Waals surface area contributed by atoms with Gasteiger partial charge < -0.3 is 14.8 Å². The minimum atomic E-state index is 0.497. The van der Waals surface area contributed by atoms with Crippen molar-refractivity contribution in [2.75, 3.05) is 13.6 Å². The Morgan fingerprint density at radius 1 is 1.30 bits per heavy atom. The third-order valence-electron chi connectivity index (χ3n) is 5.41. The number of guanidine groups is 1. The zero-order chi connectivity index (χ0) is 20.9. The van der Waals surface area contributed by atoms with Gasteiger partial charge in [-0.05, 0) is 50.5 Å². The highest BCUT2D eigenvalue weighted by Crippen LogP contribution is 2.27. The molecule has 7 nitrogen and oxygen atoms in total. The van der Waals surface area contributed by atoms with E-state index in [-0.39, 0.29) is 0 Å². The Balaban J connectivity index is 1.45. The van der Waals surface area contributed by atoms with Gasteiger partial charge in [-0.3, -0.25) is 0 Å². The molecular weight excluding hydrogens is 414 g/mol. The third kappa shape index (κ3) is 5.07. The highest BCUT2D eigenvalue weighted by Gasteiger charge is 2.17. The third-order valence-corrected chi connectivity index (χ3v) is 7.49. The van der Waals surface area contributed by atoms with Crippen LogP contribution >= 0.6 is 22.7 Å². The molecule has 0 radical (unpaired) electrons. The van der Waals surface area contributed by atoms with Gasteiger partial charge in [-0.15, -0.1) is 32.9 Å². The minimum absolute atomic E-state index is 0.497. The van der Waals surface area contributed by atoms with Gasteiger partial charge in [0.1, 0.15) is 17.4 Å². The molecule has 4 rings (SSSR count). The molecule has 160 valence electrons. The van der Waals surface area contributed by atoms with Crippen molar-refractivity contribution in [3.05, 3.63) is 49.6 Å². The predicted octanol–water partition coefficient (Wildman–Crippen LogP) is 3.34. The highest BCUT2D eigenvalue weighted by molar-refractivity contribution is 7.11. The maximum Gasteiger partial charge on any atom is 0.194 e. The van der Waals surface area contributed by atoms with Crippen LogP contribution in [0, 0.1) is 6.92 Å². The van der Waals surface area contributed by atoms with Crippen LogP contribution in [0.4, 0.5) is 0 Å². The van der Waals surface area contributed by atoms with Crippen LogP contribution in [-0.2, 0) is 39.4 Å². The second kappa shape index (κ2) is 9.70. The predicted molar refractivity (Wildman–Crippen MR) is 123 cm³/mol. The monoisotopic (exact) mass is 443 g/mol. The summed E-state index contributed by atoms with van der Waals surface area (Å²) in [5.74, 6) is 2.64. The van der Waals surface area contributed by atoms with Crippen LogP contribution in [0.2, 0.25) is 0 Å². The molecule has 0 aliphatic heterocycles. The van der Waals surface area contributed by atoms with Crippen molar-refractivity contribution in [1.29, 1.82) is 0 Å². The number of aromatic nitrogens is 4. The first kappa shape index (κ1) is 21.0. The summed E-state index contributed by atoms with van der Waals surface area (Å²) in [6.07, 6.45) is 5.85. The van der Waals surface area contributed by atoms with Crippen LogP contribution in [0.1, 0.15) is 44.9 Å². The molecule has 3 aromatic rings. The van der Waals surface area contributed by atoms with Gasteiger partial charge in [0.15, 0.2) is 11.8 Å². The Morgan fingerprint density at radius 2 is 2.17 bits per heavy atom. The number of nitrogens with one attached hydrogen (secondary N) is 1. The second-order valence-corrected chi connectivity index (χ2v) is 9.86. The molecule has 3 heterocycles. The van der Waals surface area contributed by atoms with E-state index in [1.807, 2.05) is 29.9 Å². The fourth-order valence-electron chi connectivity index (χ4n) is 3.55. The topological polar surface area (TPSA) is 71.2 Å². The zero-order valence-corrected chi connectivity index (χ0v) is 19.5. The summed E-state index contributed by atoms with van der Waals surface area (Å²) >= 11 is 3.66. The Morgan fingerprint density at radius 3 is 2.90 bits per heavy atom. The van der Waals surface area contributed by atoms with Crippen LogP contribution in [0.25, 0.3) is 0 Å². The number of thiophene rings is 1. The molecule has 1 N–H and O–H groups in total. The first-order valence-electron chi connectivity index (χ1n) is 10.4. The van der Waals surface area contributed by atoms with Crippen molar-refractivity contribution in [2.24, 2.45) is 12.0 Å². The maximum absolute atomic E-state index is 4.90. The zero-order valence-electron chi connectivity index (χ0n) is 17.9. The summed E-state index contributed by atoms with van der Waals surface area (Å²) in [7, 11) is 4.06. The lowest BCUT2D eigenvalue weighted by molar-refractivity contribution is 0.472. The summed E-state index contributed by atoms with van der Waals surface area (Å²) < 4.78 is 1.99. The lowest BCUT2D eigenvalue weighted by Crippen LogP contribution is -2.39. The van der Waals surface area contributed by atoms with E-state index < -0.39 is 0 Å². The second-order valence-electron chi connectivity index (χ2n) is 7.66. The number of fused-ring (bicyclic) bond motifs is 1. The van der Waals surface area contributed by atoms with E-state index in [9.17, 15) is 0 Å². The molecule has 0 fully saturated rings. The first-order valence-corrected chi connectivity index (χ1v) is 12.1. The Kier molecular flexibility index (Phi) is 6.79. The molecule has 0 bridgehead atoms. The number of nitrogens with zero attached hydrogens (tertiary/aromatic N) is 6. The maximum atomic E-state index is 4.90. The summed E-state index contributed by atoms with van der Waals surface area (Å²) in [6.45, 7) is 4.06.